The SMILES string of the molecule is COCOc1cc(OC)c(C(=O)/C=C/c2cccc3ccccc23)c(OCOC)c1CC=C(C)C. The van der Waals surface area contributed by atoms with Crippen LogP contribution in [0.25, 0.3) is 16.8 Å². The first-order valence-electron chi connectivity index (χ1n) is 11.3. The molecule has 3 rings (SSSR count). The number of fused-ring (bicyclic) bond motifs is 1. The monoisotopic (exact) mass is 476 g/mol. The highest BCUT2D eigenvalue weighted by molar-refractivity contribution is 6.11. The van der Waals surface area contributed by atoms with Crippen LogP contribution >= 0.6 is 0 Å². The van der Waals surface area contributed by atoms with Crippen LogP contribution in [0.15, 0.2) is 66.3 Å². The van der Waals surface area contributed by atoms with E-state index in [1.165, 1.54) is 14.2 Å². The van der Waals surface area contributed by atoms with Crippen molar-refractivity contribution in [1.82, 2.24) is 0 Å². The first-order chi connectivity index (χ1) is 17.0. The van der Waals surface area contributed by atoms with Gasteiger partial charge in [-0.05, 0) is 42.7 Å². The third-order valence-corrected chi connectivity index (χ3v) is 5.38. The molecule has 0 atom stereocenters. The Morgan fingerprint density at radius 1 is 0.886 bits per heavy atom. The van der Waals surface area contributed by atoms with Gasteiger partial charge in [0.2, 0.25) is 0 Å². The van der Waals surface area contributed by atoms with Gasteiger partial charge in [-0.25, -0.2) is 0 Å². The average molecular weight is 477 g/mol. The van der Waals surface area contributed by atoms with Crippen LogP contribution in [0.5, 0.6) is 17.2 Å². The molecule has 184 valence electrons. The number of rotatable bonds is 12. The molecular weight excluding hydrogens is 444 g/mol. The van der Waals surface area contributed by atoms with Gasteiger partial charge < -0.3 is 23.7 Å². The zero-order valence-corrected chi connectivity index (χ0v) is 20.9. The van der Waals surface area contributed by atoms with Crippen LogP contribution < -0.4 is 14.2 Å². The van der Waals surface area contributed by atoms with Gasteiger partial charge in [0.15, 0.2) is 19.4 Å². The van der Waals surface area contributed by atoms with Crippen LogP contribution in [0, 0.1) is 0 Å². The summed E-state index contributed by atoms with van der Waals surface area (Å²) < 4.78 is 27.6. The maximum Gasteiger partial charge on any atom is 0.193 e. The van der Waals surface area contributed by atoms with Gasteiger partial charge in [0, 0.05) is 25.8 Å². The van der Waals surface area contributed by atoms with E-state index in [0.29, 0.717) is 34.8 Å². The van der Waals surface area contributed by atoms with E-state index in [4.69, 9.17) is 23.7 Å². The minimum Gasteiger partial charge on any atom is -0.496 e. The second-order valence-electron chi connectivity index (χ2n) is 8.11. The highest BCUT2D eigenvalue weighted by Crippen LogP contribution is 2.41. The first-order valence-corrected chi connectivity index (χ1v) is 11.3. The summed E-state index contributed by atoms with van der Waals surface area (Å²) in [6.07, 6.45) is 5.90. The summed E-state index contributed by atoms with van der Waals surface area (Å²) in [4.78, 5) is 13.6. The number of allylic oxidation sites excluding steroid dienone is 3. The molecule has 0 unspecified atom stereocenters. The van der Waals surface area contributed by atoms with Crippen LogP contribution in [0.1, 0.15) is 35.3 Å². The number of ketones is 1. The summed E-state index contributed by atoms with van der Waals surface area (Å²) in [5.74, 6) is 0.970. The molecule has 0 spiro atoms. The summed E-state index contributed by atoms with van der Waals surface area (Å²) in [6.45, 7) is 4.02. The molecule has 0 aliphatic heterocycles. The van der Waals surface area contributed by atoms with Gasteiger partial charge in [0.25, 0.3) is 0 Å². The number of hydrogen-bond acceptors (Lipinski definition) is 6. The van der Waals surface area contributed by atoms with Crippen molar-refractivity contribution in [3.63, 3.8) is 0 Å². The highest BCUT2D eigenvalue weighted by Gasteiger charge is 2.25. The smallest absolute Gasteiger partial charge is 0.193 e. The molecule has 6 heteroatoms. The van der Waals surface area contributed by atoms with Crippen LogP contribution in [0.4, 0.5) is 0 Å². The minimum atomic E-state index is -0.252. The predicted octanol–water partition coefficient (Wildman–Crippen LogP) is 6.22. The molecule has 6 nitrogen and oxygen atoms in total. The zero-order valence-electron chi connectivity index (χ0n) is 20.9. The van der Waals surface area contributed by atoms with Gasteiger partial charge >= 0.3 is 0 Å². The normalized spacial score (nSPS) is 11.0. The molecular formula is C29H32O6. The lowest BCUT2D eigenvalue weighted by molar-refractivity contribution is 0.0441. The molecule has 0 aliphatic carbocycles. The second-order valence-corrected chi connectivity index (χ2v) is 8.11. The summed E-state index contributed by atoms with van der Waals surface area (Å²) in [5, 5.41) is 2.17. The molecule has 0 saturated heterocycles. The predicted molar refractivity (Wildman–Crippen MR) is 138 cm³/mol. The number of carbonyl (C=O) groups is 1. The van der Waals surface area contributed by atoms with E-state index >= 15 is 0 Å². The largest absolute Gasteiger partial charge is 0.496 e. The quantitative estimate of drug-likeness (QED) is 0.134. The van der Waals surface area contributed by atoms with Crippen molar-refractivity contribution in [3.05, 3.63) is 82.9 Å². The van der Waals surface area contributed by atoms with Gasteiger partial charge in [-0.1, -0.05) is 60.2 Å². The Morgan fingerprint density at radius 2 is 1.60 bits per heavy atom. The summed E-state index contributed by atoms with van der Waals surface area (Å²) in [5.41, 5.74) is 3.09. The summed E-state index contributed by atoms with van der Waals surface area (Å²) >= 11 is 0. The Morgan fingerprint density at radius 3 is 2.31 bits per heavy atom. The Balaban J connectivity index is 2.13. The molecule has 0 aromatic heterocycles. The molecule has 0 saturated carbocycles. The lowest BCUT2D eigenvalue weighted by Gasteiger charge is -2.20. The Kier molecular flexibility index (Phi) is 9.47. The molecule has 3 aromatic carbocycles. The fourth-order valence-corrected chi connectivity index (χ4v) is 3.72. The lowest BCUT2D eigenvalue weighted by atomic mass is 9.98. The van der Waals surface area contributed by atoms with E-state index in [0.717, 1.165) is 21.9 Å². The number of benzene rings is 3. The van der Waals surface area contributed by atoms with Crippen molar-refractivity contribution in [2.24, 2.45) is 0 Å². The molecule has 0 heterocycles. The van der Waals surface area contributed by atoms with Crippen LogP contribution in [0.3, 0.4) is 0 Å². The number of methoxy groups -OCH3 is 3. The Hall–Kier alpha value is -3.61. The number of ether oxygens (including phenoxy) is 5. The molecule has 0 fully saturated rings. The third kappa shape index (κ3) is 6.50. The zero-order chi connectivity index (χ0) is 25.2. The van der Waals surface area contributed by atoms with Crippen molar-refractivity contribution in [3.8, 4) is 17.2 Å². The van der Waals surface area contributed by atoms with Crippen LogP contribution in [0.2, 0.25) is 0 Å². The molecule has 35 heavy (non-hydrogen) atoms. The van der Waals surface area contributed by atoms with Gasteiger partial charge in [-0.15, -0.1) is 0 Å². The van der Waals surface area contributed by atoms with Gasteiger partial charge in [0.05, 0.1) is 7.11 Å². The van der Waals surface area contributed by atoms with Gasteiger partial charge in [-0.2, -0.15) is 0 Å². The summed E-state index contributed by atoms with van der Waals surface area (Å²) in [7, 11) is 4.59. The molecule has 3 aromatic rings. The van der Waals surface area contributed by atoms with Crippen molar-refractivity contribution in [2.45, 2.75) is 20.3 Å². The van der Waals surface area contributed by atoms with E-state index in [1.807, 2.05) is 68.5 Å². The Bertz CT molecular complexity index is 1220. The highest BCUT2D eigenvalue weighted by atomic mass is 16.7. The maximum absolute atomic E-state index is 13.6. The van der Waals surface area contributed by atoms with Gasteiger partial charge in [-0.3, -0.25) is 4.79 Å². The summed E-state index contributed by atoms with van der Waals surface area (Å²) in [6, 6.07) is 15.7. The van der Waals surface area contributed by atoms with Crippen LogP contribution in [-0.4, -0.2) is 40.7 Å². The standard InChI is InChI=1S/C29H32O6/c1-20(2)13-15-24-26(34-18-31-3)17-27(33-5)28(29(24)35-19-32-4)25(30)16-14-22-11-8-10-21-9-6-7-12-23(21)22/h6-14,16-17H,15,18-19H2,1-5H3/b16-14+. The molecule has 0 radical (unpaired) electrons. The van der Waals surface area contributed by atoms with E-state index < -0.39 is 0 Å². The molecule has 0 amide bonds. The molecule has 0 N–H and O–H groups in total. The first kappa shape index (κ1) is 26.0. The van der Waals surface area contributed by atoms with Crippen molar-refractivity contribution < 1.29 is 28.5 Å². The maximum atomic E-state index is 13.6. The number of hydrogen-bond donors (Lipinski definition) is 0. The minimum absolute atomic E-state index is 0.0357. The van der Waals surface area contributed by atoms with Crippen molar-refractivity contribution in [2.75, 3.05) is 34.9 Å². The second kappa shape index (κ2) is 12.7. The fraction of sp³-hybridized carbons (Fsp3) is 0.276. The van der Waals surface area contributed by atoms with Gasteiger partial charge in [0.1, 0.15) is 22.8 Å². The fourth-order valence-electron chi connectivity index (χ4n) is 3.72. The van der Waals surface area contributed by atoms with E-state index in [1.54, 1.807) is 19.3 Å². The van der Waals surface area contributed by atoms with Crippen molar-refractivity contribution >= 4 is 22.6 Å². The van der Waals surface area contributed by atoms with E-state index in [9.17, 15) is 4.79 Å². The van der Waals surface area contributed by atoms with Crippen LogP contribution in [-0.2, 0) is 15.9 Å². The average Bonchev–Trinajstić information content (AvgIpc) is 2.87. The number of carbonyl (C=O) groups excluding carboxylic acids is 1. The Labute approximate surface area is 206 Å². The van der Waals surface area contributed by atoms with E-state index in [-0.39, 0.29) is 19.4 Å². The lowest BCUT2D eigenvalue weighted by Crippen LogP contribution is -2.12. The molecule has 0 aliphatic rings. The molecule has 0 bridgehead atoms. The topological polar surface area (TPSA) is 63.2 Å². The van der Waals surface area contributed by atoms with Crippen molar-refractivity contribution in [1.29, 1.82) is 0 Å². The third-order valence-electron chi connectivity index (χ3n) is 5.38. The van der Waals surface area contributed by atoms with E-state index in [2.05, 4.69) is 0 Å².